The van der Waals surface area contributed by atoms with E-state index in [0.29, 0.717) is 12.1 Å². The minimum atomic E-state index is -1.13. The molecule has 6 rings (SSSR count). The third-order valence-corrected chi connectivity index (χ3v) is 9.38. The fourth-order valence-electron chi connectivity index (χ4n) is 6.94. The summed E-state index contributed by atoms with van der Waals surface area (Å²) in [5, 5.41) is 9.37. The number of hydrogen-bond donors (Lipinski definition) is 5. The van der Waals surface area contributed by atoms with Crippen LogP contribution in [0.3, 0.4) is 0 Å². The van der Waals surface area contributed by atoms with E-state index < -0.39 is 47.6 Å². The number of alkyl carbamates (subject to hydrolysis) is 1. The first-order valence-corrected chi connectivity index (χ1v) is 18.3. The Bertz CT molecular complexity index is 2050. The lowest BCUT2D eigenvalue weighted by Gasteiger charge is -2.28. The van der Waals surface area contributed by atoms with Gasteiger partial charge in [0.15, 0.2) is 0 Å². The zero-order valence-corrected chi connectivity index (χ0v) is 31.3. The second-order valence-electron chi connectivity index (χ2n) is 15.2. The third kappa shape index (κ3) is 9.17. The standard InChI is InChI=1S/C42H48N6O6/c1-25(2)18-37(40(51)54-42(3,4)5)47-39(50)36(20-27-22-43-24-45-27)46-38(49)35(19-26-21-44-34-17-11-10-12-28(26)34)48-41(52)53-23-33-31-15-8-6-13-29(31)30-14-7-9-16-32(30)33/h6-17,21-22,24-25,33,35-37,44H,18-20,23H2,1-5H3,(H,43,45)(H,46,49)(H,47,50)(H,48,52)/t35-,36-,37-/m0/s1. The minimum Gasteiger partial charge on any atom is -0.458 e. The normalized spacial score (nSPS) is 14.1. The van der Waals surface area contributed by atoms with E-state index in [0.717, 1.165) is 38.7 Å². The summed E-state index contributed by atoms with van der Waals surface area (Å²) in [6.07, 6.45) is 4.55. The van der Waals surface area contributed by atoms with Crippen LogP contribution in [0.4, 0.5) is 4.79 Å². The van der Waals surface area contributed by atoms with E-state index in [9.17, 15) is 19.2 Å². The summed E-state index contributed by atoms with van der Waals surface area (Å²) in [5.41, 5.74) is 5.82. The third-order valence-electron chi connectivity index (χ3n) is 9.38. The molecule has 3 atom stereocenters. The molecule has 0 radical (unpaired) electrons. The number of aromatic amines is 2. The Labute approximate surface area is 314 Å². The van der Waals surface area contributed by atoms with Gasteiger partial charge in [0.05, 0.1) is 6.33 Å². The number of esters is 1. The molecule has 0 unspecified atom stereocenters. The van der Waals surface area contributed by atoms with Gasteiger partial charge in [-0.15, -0.1) is 0 Å². The molecule has 1 aliphatic carbocycles. The molecule has 0 spiro atoms. The van der Waals surface area contributed by atoms with Crippen molar-refractivity contribution in [2.45, 2.75) is 83.5 Å². The van der Waals surface area contributed by atoms with Gasteiger partial charge in [0, 0.05) is 47.8 Å². The Morgan fingerprint density at radius 1 is 0.778 bits per heavy atom. The molecule has 0 saturated heterocycles. The van der Waals surface area contributed by atoms with E-state index in [4.69, 9.17) is 9.47 Å². The van der Waals surface area contributed by atoms with Gasteiger partial charge in [0.25, 0.3) is 0 Å². The maximum absolute atomic E-state index is 14.3. The van der Waals surface area contributed by atoms with Gasteiger partial charge in [-0.05, 0) is 67.0 Å². The Balaban J connectivity index is 1.22. The van der Waals surface area contributed by atoms with Crippen molar-refractivity contribution in [2.75, 3.05) is 6.61 Å². The smallest absolute Gasteiger partial charge is 0.407 e. The highest BCUT2D eigenvalue weighted by molar-refractivity contribution is 5.94. The van der Waals surface area contributed by atoms with Crippen LogP contribution < -0.4 is 16.0 Å². The van der Waals surface area contributed by atoms with Crippen LogP contribution in [0.25, 0.3) is 22.0 Å². The van der Waals surface area contributed by atoms with Crippen LogP contribution in [0.1, 0.15) is 69.3 Å². The van der Waals surface area contributed by atoms with Crippen molar-refractivity contribution >= 4 is 34.8 Å². The summed E-state index contributed by atoms with van der Waals surface area (Å²) in [6.45, 7) is 9.23. The molecule has 3 amide bonds. The molecular weight excluding hydrogens is 684 g/mol. The van der Waals surface area contributed by atoms with Crippen LogP contribution in [0.5, 0.6) is 0 Å². The molecule has 0 fully saturated rings. The maximum Gasteiger partial charge on any atom is 0.407 e. The summed E-state index contributed by atoms with van der Waals surface area (Å²) in [6, 6.07) is 20.6. The average molecular weight is 733 g/mol. The first kappa shape index (κ1) is 37.8. The van der Waals surface area contributed by atoms with Crippen LogP contribution in [0.2, 0.25) is 0 Å². The number of nitrogens with one attached hydrogen (secondary N) is 5. The van der Waals surface area contributed by atoms with Gasteiger partial charge in [-0.25, -0.2) is 14.6 Å². The van der Waals surface area contributed by atoms with E-state index >= 15 is 0 Å². The first-order chi connectivity index (χ1) is 25.9. The lowest BCUT2D eigenvalue weighted by Crippen LogP contribution is -2.57. The Morgan fingerprint density at radius 2 is 1.39 bits per heavy atom. The molecule has 12 heteroatoms. The summed E-state index contributed by atoms with van der Waals surface area (Å²) in [5.74, 6) is -1.86. The number of aromatic nitrogens is 3. The molecule has 1 aliphatic rings. The number of fused-ring (bicyclic) bond motifs is 4. The molecule has 0 bridgehead atoms. The number of rotatable bonds is 14. The Hall–Kier alpha value is -5.91. The molecule has 12 nitrogen and oxygen atoms in total. The number of imidazole rings is 1. The molecule has 54 heavy (non-hydrogen) atoms. The highest BCUT2D eigenvalue weighted by atomic mass is 16.6. The highest BCUT2D eigenvalue weighted by Crippen LogP contribution is 2.44. The van der Waals surface area contributed by atoms with Crippen LogP contribution in [-0.4, -0.2) is 69.2 Å². The van der Waals surface area contributed by atoms with E-state index in [1.54, 1.807) is 33.2 Å². The lowest BCUT2D eigenvalue weighted by molar-refractivity contribution is -0.159. The van der Waals surface area contributed by atoms with Crippen molar-refractivity contribution in [3.63, 3.8) is 0 Å². The first-order valence-electron chi connectivity index (χ1n) is 18.3. The van der Waals surface area contributed by atoms with Gasteiger partial charge in [0.1, 0.15) is 30.3 Å². The molecule has 5 N–H and O–H groups in total. The number of carbonyl (C=O) groups is 4. The zero-order valence-electron chi connectivity index (χ0n) is 31.3. The molecule has 0 aliphatic heterocycles. The molecule has 3 aromatic carbocycles. The molecular formula is C42H48N6O6. The molecule has 2 aromatic heterocycles. The average Bonchev–Trinajstić information content (AvgIpc) is 3.87. The molecule has 2 heterocycles. The Kier molecular flexibility index (Phi) is 11.5. The van der Waals surface area contributed by atoms with Crippen LogP contribution in [-0.2, 0) is 36.7 Å². The summed E-state index contributed by atoms with van der Waals surface area (Å²) < 4.78 is 11.5. The predicted molar refractivity (Wildman–Crippen MR) is 205 cm³/mol. The second kappa shape index (κ2) is 16.4. The van der Waals surface area contributed by atoms with Crippen molar-refractivity contribution in [1.29, 1.82) is 0 Å². The summed E-state index contributed by atoms with van der Waals surface area (Å²) in [4.78, 5) is 65.3. The van der Waals surface area contributed by atoms with Crippen molar-refractivity contribution in [3.05, 3.63) is 114 Å². The number of carbonyl (C=O) groups excluding carboxylic acids is 4. The van der Waals surface area contributed by atoms with E-state index in [1.165, 1.54) is 6.33 Å². The van der Waals surface area contributed by atoms with E-state index in [-0.39, 0.29) is 31.3 Å². The van der Waals surface area contributed by atoms with Gasteiger partial charge < -0.3 is 35.4 Å². The van der Waals surface area contributed by atoms with Crippen LogP contribution in [0, 0.1) is 5.92 Å². The van der Waals surface area contributed by atoms with Crippen LogP contribution in [0.15, 0.2) is 91.5 Å². The second-order valence-corrected chi connectivity index (χ2v) is 15.2. The van der Waals surface area contributed by atoms with Crippen molar-refractivity contribution in [1.82, 2.24) is 30.9 Å². The topological polar surface area (TPSA) is 167 Å². The fraction of sp³-hybridized carbons (Fsp3) is 0.357. The fourth-order valence-corrected chi connectivity index (χ4v) is 6.94. The predicted octanol–water partition coefficient (Wildman–Crippen LogP) is 5.94. The van der Waals surface area contributed by atoms with Gasteiger partial charge >= 0.3 is 12.1 Å². The van der Waals surface area contributed by atoms with Gasteiger partial charge in [-0.1, -0.05) is 80.6 Å². The summed E-state index contributed by atoms with van der Waals surface area (Å²) >= 11 is 0. The number of H-pyrrole nitrogens is 2. The monoisotopic (exact) mass is 732 g/mol. The van der Waals surface area contributed by atoms with E-state index in [1.807, 2.05) is 74.5 Å². The lowest BCUT2D eigenvalue weighted by atomic mass is 9.98. The van der Waals surface area contributed by atoms with Gasteiger partial charge in [-0.3, -0.25) is 9.59 Å². The van der Waals surface area contributed by atoms with Crippen molar-refractivity contribution < 1.29 is 28.7 Å². The number of hydrogen-bond acceptors (Lipinski definition) is 7. The van der Waals surface area contributed by atoms with Gasteiger partial charge in [0.2, 0.25) is 11.8 Å². The SMILES string of the molecule is CC(C)C[C@H](NC(=O)[C@H](Cc1cnc[nH]1)NC(=O)[C@H](Cc1c[nH]c2ccccc12)NC(=O)OCC1c2ccccc2-c2ccccc21)C(=O)OC(C)(C)C. The zero-order chi connectivity index (χ0) is 38.4. The molecule has 5 aromatic rings. The number of nitrogens with zero attached hydrogens (tertiary/aromatic N) is 1. The number of amides is 3. The highest BCUT2D eigenvalue weighted by Gasteiger charge is 2.34. The van der Waals surface area contributed by atoms with E-state index in [2.05, 4.69) is 43.0 Å². The maximum atomic E-state index is 14.3. The van der Waals surface area contributed by atoms with Crippen LogP contribution >= 0.6 is 0 Å². The molecule has 282 valence electrons. The number of para-hydroxylation sites is 1. The molecule has 0 saturated carbocycles. The van der Waals surface area contributed by atoms with Crippen molar-refractivity contribution in [3.8, 4) is 11.1 Å². The van der Waals surface area contributed by atoms with Gasteiger partial charge in [-0.2, -0.15) is 0 Å². The quantitative estimate of drug-likeness (QED) is 0.0881. The summed E-state index contributed by atoms with van der Waals surface area (Å²) in [7, 11) is 0. The van der Waals surface area contributed by atoms with Crippen molar-refractivity contribution in [2.24, 2.45) is 5.92 Å². The number of ether oxygens (including phenoxy) is 2. The Morgan fingerprint density at radius 3 is 2.02 bits per heavy atom. The number of benzene rings is 3. The largest absolute Gasteiger partial charge is 0.458 e. The minimum absolute atomic E-state index is 0.0467.